The van der Waals surface area contributed by atoms with Crippen LogP contribution in [0.2, 0.25) is 5.02 Å². The van der Waals surface area contributed by atoms with Crippen molar-refractivity contribution in [1.29, 1.82) is 0 Å². The van der Waals surface area contributed by atoms with Crippen molar-refractivity contribution in [2.75, 3.05) is 0 Å². The normalized spacial score (nSPS) is 11.7. The van der Waals surface area contributed by atoms with Crippen molar-refractivity contribution in [2.45, 2.75) is 26.2 Å². The molecule has 0 bridgehead atoms. The van der Waals surface area contributed by atoms with Crippen molar-refractivity contribution in [3.05, 3.63) is 95.1 Å². The Morgan fingerprint density at radius 1 is 0.909 bits per heavy atom. The quantitative estimate of drug-likeness (QED) is 0.333. The van der Waals surface area contributed by atoms with E-state index in [1.807, 2.05) is 48.5 Å². The number of hydrogen-bond donors (Lipinski definition) is 1. The molecule has 7 heteroatoms. The number of para-hydroxylation sites is 1. The zero-order valence-corrected chi connectivity index (χ0v) is 18.7. The van der Waals surface area contributed by atoms with Crippen molar-refractivity contribution in [1.82, 2.24) is 4.98 Å². The van der Waals surface area contributed by atoms with Gasteiger partial charge in [-0.15, -0.1) is 0 Å². The number of carbonyl (C=O) groups is 1. The Morgan fingerprint density at radius 2 is 1.61 bits per heavy atom. The second kappa shape index (κ2) is 10.2. The second-order valence-corrected chi connectivity index (χ2v) is 7.77. The number of pyridine rings is 1. The van der Waals surface area contributed by atoms with E-state index in [2.05, 4.69) is 4.98 Å². The van der Waals surface area contributed by atoms with Gasteiger partial charge in [-0.25, -0.2) is 9.78 Å². The average molecular weight is 464 g/mol. The molecule has 0 spiro atoms. The Labute approximate surface area is 196 Å². The molecule has 1 atom stereocenters. The predicted molar refractivity (Wildman–Crippen MR) is 126 cm³/mol. The molecule has 0 aliphatic carbocycles. The number of nitrogens with zero attached hydrogens (tertiary/aromatic N) is 1. The van der Waals surface area contributed by atoms with Gasteiger partial charge in [0.1, 0.15) is 30.5 Å². The lowest BCUT2D eigenvalue weighted by molar-refractivity contribution is -0.144. The smallest absolute Gasteiger partial charge is 0.344 e. The van der Waals surface area contributed by atoms with Crippen LogP contribution in [0.15, 0.2) is 78.9 Å². The van der Waals surface area contributed by atoms with Gasteiger partial charge in [0.05, 0.1) is 21.8 Å². The Hall–Kier alpha value is -3.77. The monoisotopic (exact) mass is 463 g/mol. The molecule has 4 rings (SSSR count). The van der Waals surface area contributed by atoms with E-state index in [1.54, 1.807) is 30.3 Å². The summed E-state index contributed by atoms with van der Waals surface area (Å²) in [6.07, 6.45) is -1.00. The largest absolute Gasteiger partial charge is 0.489 e. The molecule has 0 fully saturated rings. The van der Waals surface area contributed by atoms with Gasteiger partial charge in [0.15, 0.2) is 6.10 Å². The summed E-state index contributed by atoms with van der Waals surface area (Å²) >= 11 is 6.29. The van der Waals surface area contributed by atoms with Crippen LogP contribution in [0.3, 0.4) is 0 Å². The number of rotatable bonds is 9. The lowest BCUT2D eigenvalue weighted by atomic mass is 10.2. The third kappa shape index (κ3) is 5.73. The predicted octanol–water partition coefficient (Wildman–Crippen LogP) is 5.90. The fourth-order valence-corrected chi connectivity index (χ4v) is 3.38. The number of fused-ring (bicyclic) bond motifs is 1. The minimum atomic E-state index is -1.06. The van der Waals surface area contributed by atoms with Gasteiger partial charge >= 0.3 is 5.97 Å². The summed E-state index contributed by atoms with van der Waals surface area (Å²) in [5.41, 5.74) is 2.36. The molecule has 0 saturated heterocycles. The van der Waals surface area contributed by atoms with Gasteiger partial charge in [-0.2, -0.15) is 0 Å². The summed E-state index contributed by atoms with van der Waals surface area (Å²) in [7, 11) is 0. The fourth-order valence-electron chi connectivity index (χ4n) is 3.16. The third-order valence-electron chi connectivity index (χ3n) is 4.98. The molecule has 1 N–H and O–H groups in total. The van der Waals surface area contributed by atoms with Crippen molar-refractivity contribution in [2.24, 2.45) is 0 Å². The van der Waals surface area contributed by atoms with Crippen LogP contribution in [-0.4, -0.2) is 22.2 Å². The Morgan fingerprint density at radius 3 is 2.33 bits per heavy atom. The van der Waals surface area contributed by atoms with Crippen LogP contribution in [0.1, 0.15) is 18.2 Å². The molecule has 6 nitrogen and oxygen atoms in total. The van der Waals surface area contributed by atoms with E-state index in [0.29, 0.717) is 34.4 Å². The third-order valence-corrected chi connectivity index (χ3v) is 5.33. The van der Waals surface area contributed by atoms with Crippen LogP contribution in [0.4, 0.5) is 0 Å². The Kier molecular flexibility index (Phi) is 6.95. The molecule has 0 amide bonds. The van der Waals surface area contributed by atoms with Gasteiger partial charge in [0.2, 0.25) is 0 Å². The van der Waals surface area contributed by atoms with E-state index in [9.17, 15) is 4.79 Å². The molecule has 4 aromatic rings. The van der Waals surface area contributed by atoms with Gasteiger partial charge in [-0.1, -0.05) is 41.9 Å². The summed E-state index contributed by atoms with van der Waals surface area (Å²) in [4.78, 5) is 15.7. The van der Waals surface area contributed by atoms with Gasteiger partial charge in [-0.05, 0) is 55.5 Å². The molecule has 3 aromatic carbocycles. The fraction of sp³-hybridized carbons (Fsp3) is 0.154. The van der Waals surface area contributed by atoms with E-state index < -0.39 is 12.1 Å². The molecule has 1 aromatic heterocycles. The number of carboxylic acid groups (broad SMARTS) is 1. The molecule has 1 heterocycles. The number of ether oxygens (including phenoxy) is 3. The second-order valence-electron chi connectivity index (χ2n) is 7.36. The van der Waals surface area contributed by atoms with Crippen molar-refractivity contribution < 1.29 is 24.1 Å². The zero-order chi connectivity index (χ0) is 23.2. The van der Waals surface area contributed by atoms with Crippen molar-refractivity contribution >= 4 is 28.5 Å². The van der Waals surface area contributed by atoms with Gasteiger partial charge in [0.25, 0.3) is 0 Å². The number of carboxylic acids is 1. The van der Waals surface area contributed by atoms with Crippen LogP contribution < -0.4 is 14.2 Å². The molecule has 0 aliphatic heterocycles. The summed E-state index contributed by atoms with van der Waals surface area (Å²) < 4.78 is 17.2. The maximum Gasteiger partial charge on any atom is 0.344 e. The minimum Gasteiger partial charge on any atom is -0.489 e. The highest BCUT2D eigenvalue weighted by Crippen LogP contribution is 2.29. The topological polar surface area (TPSA) is 77.9 Å². The first kappa shape index (κ1) is 22.4. The molecule has 0 radical (unpaired) electrons. The van der Waals surface area contributed by atoms with Crippen molar-refractivity contribution in [3.63, 3.8) is 0 Å². The summed E-state index contributed by atoms with van der Waals surface area (Å²) in [5, 5.41) is 10.6. The SMILES string of the molecule is CC(Oc1cccc(Cl)c1COc1ccc(OCc2ccc3ccccc3n2)cc1)C(=O)O. The Balaban J connectivity index is 1.36. The lowest BCUT2D eigenvalue weighted by Crippen LogP contribution is -2.23. The van der Waals surface area contributed by atoms with Crippen LogP contribution in [0.25, 0.3) is 10.9 Å². The van der Waals surface area contributed by atoms with Crippen LogP contribution in [0.5, 0.6) is 17.2 Å². The number of aromatic nitrogens is 1. The molecular weight excluding hydrogens is 442 g/mol. The maximum atomic E-state index is 11.1. The first-order chi connectivity index (χ1) is 16.0. The minimum absolute atomic E-state index is 0.128. The number of benzene rings is 3. The molecule has 1 unspecified atom stereocenters. The van der Waals surface area contributed by atoms with E-state index in [4.69, 9.17) is 30.9 Å². The first-order valence-electron chi connectivity index (χ1n) is 10.4. The average Bonchev–Trinajstić information content (AvgIpc) is 2.83. The number of halogens is 1. The number of hydrogen-bond acceptors (Lipinski definition) is 5. The van der Waals surface area contributed by atoms with Gasteiger partial charge in [-0.3, -0.25) is 0 Å². The van der Waals surface area contributed by atoms with Crippen LogP contribution in [-0.2, 0) is 18.0 Å². The highest BCUT2D eigenvalue weighted by Gasteiger charge is 2.17. The van der Waals surface area contributed by atoms with E-state index in [-0.39, 0.29) is 6.61 Å². The molecule has 0 aliphatic rings. The van der Waals surface area contributed by atoms with Crippen LogP contribution >= 0.6 is 11.6 Å². The molecular formula is C26H22ClNO5. The zero-order valence-electron chi connectivity index (χ0n) is 17.9. The maximum absolute atomic E-state index is 11.1. The van der Waals surface area contributed by atoms with Gasteiger partial charge < -0.3 is 19.3 Å². The number of aliphatic carboxylic acids is 1. The highest BCUT2D eigenvalue weighted by atomic mass is 35.5. The molecule has 168 valence electrons. The lowest BCUT2D eigenvalue weighted by Gasteiger charge is -2.16. The van der Waals surface area contributed by atoms with E-state index in [0.717, 1.165) is 16.6 Å². The highest BCUT2D eigenvalue weighted by molar-refractivity contribution is 6.31. The van der Waals surface area contributed by atoms with E-state index in [1.165, 1.54) is 6.92 Å². The summed E-state index contributed by atoms with van der Waals surface area (Å²) in [6, 6.07) is 24.2. The molecule has 0 saturated carbocycles. The first-order valence-corrected chi connectivity index (χ1v) is 10.7. The summed E-state index contributed by atoms with van der Waals surface area (Å²) in [5.74, 6) is 0.620. The Bertz CT molecular complexity index is 1260. The van der Waals surface area contributed by atoms with Gasteiger partial charge in [0, 0.05) is 5.39 Å². The van der Waals surface area contributed by atoms with E-state index >= 15 is 0 Å². The molecule has 33 heavy (non-hydrogen) atoms. The summed E-state index contributed by atoms with van der Waals surface area (Å²) in [6.45, 7) is 1.94. The standard InChI is InChI=1S/C26H22ClNO5/c1-17(26(29)30)33-25-8-4-6-23(27)22(25)16-32-21-13-11-20(12-14-21)31-15-19-10-9-18-5-2-3-7-24(18)28-19/h2-14,17H,15-16H2,1H3,(H,29,30). The van der Waals surface area contributed by atoms with Crippen molar-refractivity contribution in [3.8, 4) is 17.2 Å². The van der Waals surface area contributed by atoms with Crippen LogP contribution in [0, 0.1) is 0 Å².